The van der Waals surface area contributed by atoms with E-state index < -0.39 is 6.04 Å². The van der Waals surface area contributed by atoms with Crippen molar-refractivity contribution < 1.29 is 19.1 Å². The number of methoxy groups -OCH3 is 1. The number of hydrogen-bond donors (Lipinski definition) is 1. The lowest BCUT2D eigenvalue weighted by Crippen LogP contribution is -2.49. The van der Waals surface area contributed by atoms with Gasteiger partial charge in [-0.1, -0.05) is 56.3 Å². The van der Waals surface area contributed by atoms with Crippen LogP contribution in [0.2, 0.25) is 0 Å². The average molecular weight is 467 g/mol. The van der Waals surface area contributed by atoms with Crippen LogP contribution in [0.5, 0.6) is 11.5 Å². The molecule has 1 aromatic heterocycles. The van der Waals surface area contributed by atoms with Gasteiger partial charge < -0.3 is 19.7 Å². The van der Waals surface area contributed by atoms with Crippen molar-refractivity contribution in [2.45, 2.75) is 33.0 Å². The van der Waals surface area contributed by atoms with Gasteiger partial charge in [0.2, 0.25) is 5.91 Å². The molecular formula is C26H30N2O4S. The van der Waals surface area contributed by atoms with Crippen molar-refractivity contribution in [3.8, 4) is 11.5 Å². The predicted octanol–water partition coefficient (Wildman–Crippen LogP) is 4.75. The van der Waals surface area contributed by atoms with Gasteiger partial charge in [-0.2, -0.15) is 0 Å². The number of likely N-dealkylation sites (N-methyl/N-ethyl adjacent to an activating group) is 1. The van der Waals surface area contributed by atoms with Crippen LogP contribution in [0, 0.1) is 5.92 Å². The number of benzene rings is 2. The molecule has 1 atom stereocenters. The molecule has 3 rings (SSSR count). The van der Waals surface area contributed by atoms with Gasteiger partial charge in [0.1, 0.15) is 12.6 Å². The number of nitrogens with zero attached hydrogens (tertiary/aromatic N) is 1. The smallest absolute Gasteiger partial charge is 0.262 e. The van der Waals surface area contributed by atoms with E-state index >= 15 is 0 Å². The second-order valence-corrected chi connectivity index (χ2v) is 9.07. The molecule has 7 heteroatoms. The molecule has 1 N–H and O–H groups in total. The van der Waals surface area contributed by atoms with Gasteiger partial charge in [0.15, 0.2) is 11.5 Å². The summed E-state index contributed by atoms with van der Waals surface area (Å²) in [4.78, 5) is 27.8. The molecule has 33 heavy (non-hydrogen) atoms. The van der Waals surface area contributed by atoms with Crippen LogP contribution in [0.15, 0.2) is 66.0 Å². The molecule has 1 heterocycles. The lowest BCUT2D eigenvalue weighted by Gasteiger charge is -2.27. The number of amides is 2. The van der Waals surface area contributed by atoms with Crippen LogP contribution < -0.4 is 14.8 Å². The summed E-state index contributed by atoms with van der Waals surface area (Å²) < 4.78 is 11.4. The highest BCUT2D eigenvalue weighted by atomic mass is 32.1. The predicted molar refractivity (Wildman–Crippen MR) is 131 cm³/mol. The van der Waals surface area contributed by atoms with Gasteiger partial charge in [-0.05, 0) is 40.6 Å². The fraction of sp³-hybridized carbons (Fsp3) is 0.308. The molecule has 6 nitrogen and oxygen atoms in total. The van der Waals surface area contributed by atoms with Crippen molar-refractivity contribution in [2.24, 2.45) is 5.92 Å². The van der Waals surface area contributed by atoms with Gasteiger partial charge in [0.05, 0.1) is 12.0 Å². The molecule has 2 aromatic carbocycles. The van der Waals surface area contributed by atoms with E-state index in [1.807, 2.05) is 73.8 Å². The number of carbonyl (C=O) groups is 2. The number of rotatable bonds is 10. The lowest BCUT2D eigenvalue weighted by molar-refractivity contribution is -0.133. The summed E-state index contributed by atoms with van der Waals surface area (Å²) in [6.07, 6.45) is 0. The Morgan fingerprint density at radius 1 is 1.00 bits per heavy atom. The van der Waals surface area contributed by atoms with Gasteiger partial charge >= 0.3 is 0 Å². The van der Waals surface area contributed by atoms with Crippen LogP contribution in [0.3, 0.4) is 0 Å². The minimum Gasteiger partial charge on any atom is -0.493 e. The van der Waals surface area contributed by atoms with Gasteiger partial charge in [-0.15, -0.1) is 11.3 Å². The Morgan fingerprint density at radius 2 is 1.76 bits per heavy atom. The summed E-state index contributed by atoms with van der Waals surface area (Å²) in [6.45, 7) is 4.67. The first-order valence-corrected chi connectivity index (χ1v) is 11.7. The van der Waals surface area contributed by atoms with E-state index in [1.54, 1.807) is 25.1 Å². The number of ether oxygens (including phenoxy) is 2. The van der Waals surface area contributed by atoms with E-state index in [2.05, 4.69) is 5.32 Å². The Kier molecular flexibility index (Phi) is 8.49. The number of hydrogen-bond acceptors (Lipinski definition) is 5. The molecule has 0 fully saturated rings. The van der Waals surface area contributed by atoms with Crippen LogP contribution >= 0.6 is 11.3 Å². The number of nitrogens with one attached hydrogen (secondary N) is 1. The monoisotopic (exact) mass is 466 g/mol. The van der Waals surface area contributed by atoms with Gasteiger partial charge in [0, 0.05) is 13.6 Å². The topological polar surface area (TPSA) is 67.9 Å². The zero-order valence-electron chi connectivity index (χ0n) is 19.4. The molecular weight excluding hydrogens is 436 g/mol. The third-order valence-electron chi connectivity index (χ3n) is 5.23. The Balaban J connectivity index is 1.65. The van der Waals surface area contributed by atoms with Gasteiger partial charge in [-0.3, -0.25) is 9.59 Å². The molecule has 0 bridgehead atoms. The van der Waals surface area contributed by atoms with Crippen molar-refractivity contribution in [1.82, 2.24) is 10.2 Å². The third kappa shape index (κ3) is 6.58. The highest BCUT2D eigenvalue weighted by Gasteiger charge is 2.27. The maximum atomic E-state index is 13.1. The minimum atomic E-state index is -0.611. The first-order chi connectivity index (χ1) is 15.9. The second kappa shape index (κ2) is 11.5. The second-order valence-electron chi connectivity index (χ2n) is 8.13. The van der Waals surface area contributed by atoms with Crippen molar-refractivity contribution in [3.63, 3.8) is 0 Å². The maximum Gasteiger partial charge on any atom is 0.262 e. The molecule has 0 radical (unpaired) electrons. The van der Waals surface area contributed by atoms with Crippen molar-refractivity contribution in [1.29, 1.82) is 0 Å². The van der Waals surface area contributed by atoms with Crippen molar-refractivity contribution >= 4 is 23.2 Å². The summed E-state index contributed by atoms with van der Waals surface area (Å²) in [5.74, 6) is 0.829. The fourth-order valence-corrected chi connectivity index (χ4v) is 4.01. The standard InChI is InChI=1S/C26H30N2O4S/c1-18(2)24(27-25(29)23-11-8-14-33-23)26(30)28(3)16-20-12-13-21(22(15-20)31-4)32-17-19-9-6-5-7-10-19/h5-15,18,24H,16-17H2,1-4H3,(H,27,29)/t24-/m0/s1. The van der Waals surface area contributed by atoms with Gasteiger partial charge in [0.25, 0.3) is 5.91 Å². The highest BCUT2D eigenvalue weighted by Crippen LogP contribution is 2.29. The Hall–Kier alpha value is -3.32. The van der Waals surface area contributed by atoms with Crippen molar-refractivity contribution in [2.75, 3.05) is 14.2 Å². The molecule has 0 saturated heterocycles. The van der Waals surface area contributed by atoms with Crippen LogP contribution in [-0.2, 0) is 17.9 Å². The van der Waals surface area contributed by atoms with Crippen LogP contribution in [-0.4, -0.2) is 36.9 Å². The molecule has 174 valence electrons. The molecule has 0 aliphatic rings. The van der Waals surface area contributed by atoms with E-state index in [1.165, 1.54) is 11.3 Å². The van der Waals surface area contributed by atoms with Crippen LogP contribution in [0.25, 0.3) is 0 Å². The normalized spacial score (nSPS) is 11.7. The summed E-state index contributed by atoms with van der Waals surface area (Å²) >= 11 is 1.35. The zero-order valence-corrected chi connectivity index (χ0v) is 20.2. The Bertz CT molecular complexity index is 1050. The SMILES string of the molecule is COc1cc(CN(C)C(=O)[C@@H](NC(=O)c2cccs2)C(C)C)ccc1OCc1ccccc1. The summed E-state index contributed by atoms with van der Waals surface area (Å²) in [6, 6.07) is 18.5. The zero-order chi connectivity index (χ0) is 23.8. The molecule has 0 spiro atoms. The van der Waals surface area contributed by atoms with Crippen molar-refractivity contribution in [3.05, 3.63) is 82.0 Å². The third-order valence-corrected chi connectivity index (χ3v) is 6.09. The molecule has 0 aliphatic heterocycles. The summed E-state index contributed by atoms with van der Waals surface area (Å²) in [7, 11) is 3.33. The largest absolute Gasteiger partial charge is 0.493 e. The molecule has 3 aromatic rings. The molecule has 0 aliphatic carbocycles. The van der Waals surface area contributed by atoms with E-state index in [-0.39, 0.29) is 17.7 Å². The Morgan fingerprint density at radius 3 is 2.39 bits per heavy atom. The summed E-state index contributed by atoms with van der Waals surface area (Å²) in [5, 5.41) is 4.73. The lowest BCUT2D eigenvalue weighted by atomic mass is 10.0. The van der Waals surface area contributed by atoms with Gasteiger partial charge in [-0.25, -0.2) is 0 Å². The van der Waals surface area contributed by atoms with E-state index in [0.717, 1.165) is 11.1 Å². The van der Waals surface area contributed by atoms with E-state index in [4.69, 9.17) is 9.47 Å². The first-order valence-electron chi connectivity index (χ1n) is 10.8. The van der Waals surface area contributed by atoms with Crippen LogP contribution in [0.1, 0.15) is 34.6 Å². The highest BCUT2D eigenvalue weighted by molar-refractivity contribution is 7.12. The Labute approximate surface area is 199 Å². The van der Waals surface area contributed by atoms with E-state index in [9.17, 15) is 9.59 Å². The molecule has 0 saturated carbocycles. The quantitative estimate of drug-likeness (QED) is 0.468. The van der Waals surface area contributed by atoms with Crippen LogP contribution in [0.4, 0.5) is 0 Å². The minimum absolute atomic E-state index is 0.0489. The number of thiophene rings is 1. The van der Waals surface area contributed by atoms with E-state index in [0.29, 0.717) is 29.5 Å². The molecule has 2 amide bonds. The fourth-order valence-electron chi connectivity index (χ4n) is 3.39. The maximum absolute atomic E-state index is 13.1. The molecule has 0 unspecified atom stereocenters. The first kappa shape index (κ1) is 24.3. The summed E-state index contributed by atoms with van der Waals surface area (Å²) in [5.41, 5.74) is 1.97. The average Bonchev–Trinajstić information content (AvgIpc) is 3.36. The number of carbonyl (C=O) groups excluding carboxylic acids is 2.